The fraction of sp³-hybridized carbons (Fsp3) is 0.417. The van der Waals surface area contributed by atoms with E-state index in [0.29, 0.717) is 24.3 Å². The van der Waals surface area contributed by atoms with E-state index < -0.39 is 0 Å². The molecule has 0 unspecified atom stereocenters. The molecule has 2 aliphatic heterocycles. The molecule has 2 saturated heterocycles. The number of benzene rings is 1. The van der Waals surface area contributed by atoms with E-state index in [4.69, 9.17) is 0 Å². The highest BCUT2D eigenvalue weighted by atomic mass is 16.2. The Labute approximate surface area is 193 Å². The number of carbonyl (C=O) groups excluding carboxylic acids is 3. The van der Waals surface area contributed by atoms with E-state index in [1.54, 1.807) is 30.5 Å². The fourth-order valence-electron chi connectivity index (χ4n) is 4.14. The quantitative estimate of drug-likeness (QED) is 0.703. The van der Waals surface area contributed by atoms with Crippen LogP contribution in [0.1, 0.15) is 29.6 Å². The summed E-state index contributed by atoms with van der Waals surface area (Å²) in [7, 11) is 0. The highest BCUT2D eigenvalue weighted by Gasteiger charge is 2.22. The van der Waals surface area contributed by atoms with Crippen LogP contribution in [0, 0.1) is 0 Å². The van der Waals surface area contributed by atoms with Crippen molar-refractivity contribution in [2.24, 2.45) is 0 Å². The molecule has 2 fully saturated rings. The minimum Gasteiger partial charge on any atom is -0.353 e. The third-order valence-electron chi connectivity index (χ3n) is 6.01. The number of rotatable bonds is 6. The highest BCUT2D eigenvalue weighted by Crippen LogP contribution is 2.16. The monoisotopic (exact) mass is 450 g/mol. The Morgan fingerprint density at radius 3 is 2.24 bits per heavy atom. The van der Waals surface area contributed by atoms with Crippen LogP contribution in [-0.4, -0.2) is 78.4 Å². The molecule has 0 saturated carbocycles. The van der Waals surface area contributed by atoms with E-state index >= 15 is 0 Å². The summed E-state index contributed by atoms with van der Waals surface area (Å²) in [6.45, 7) is 4.64. The van der Waals surface area contributed by atoms with Crippen molar-refractivity contribution in [2.45, 2.75) is 19.3 Å². The van der Waals surface area contributed by atoms with Gasteiger partial charge < -0.3 is 25.3 Å². The number of carbonyl (C=O) groups is 3. The largest absolute Gasteiger partial charge is 0.353 e. The van der Waals surface area contributed by atoms with Crippen LogP contribution in [0.5, 0.6) is 0 Å². The molecule has 4 rings (SSSR count). The molecule has 1 aromatic carbocycles. The van der Waals surface area contributed by atoms with E-state index in [2.05, 4.69) is 20.5 Å². The molecule has 2 N–H and O–H groups in total. The number of pyridine rings is 1. The average molecular weight is 451 g/mol. The third-order valence-corrected chi connectivity index (χ3v) is 6.01. The summed E-state index contributed by atoms with van der Waals surface area (Å²) in [5, 5.41) is 5.47. The summed E-state index contributed by atoms with van der Waals surface area (Å²) in [5.41, 5.74) is 1.22. The van der Waals surface area contributed by atoms with Crippen molar-refractivity contribution in [3.05, 3.63) is 54.2 Å². The first-order valence-corrected chi connectivity index (χ1v) is 11.5. The van der Waals surface area contributed by atoms with Gasteiger partial charge in [0.05, 0.1) is 0 Å². The molecular formula is C24H30N6O3. The van der Waals surface area contributed by atoms with Gasteiger partial charge in [-0.3, -0.25) is 9.59 Å². The number of anilines is 2. The summed E-state index contributed by atoms with van der Waals surface area (Å²) in [6, 6.07) is 12.3. The predicted octanol–water partition coefficient (Wildman–Crippen LogP) is 2.18. The second-order valence-corrected chi connectivity index (χ2v) is 8.26. The molecule has 4 amide bonds. The summed E-state index contributed by atoms with van der Waals surface area (Å²) in [4.78, 5) is 47.2. The zero-order valence-corrected chi connectivity index (χ0v) is 18.7. The van der Waals surface area contributed by atoms with Crippen molar-refractivity contribution >= 4 is 29.4 Å². The molecule has 0 bridgehead atoms. The minimum atomic E-state index is -0.374. The second-order valence-electron chi connectivity index (χ2n) is 8.26. The topological polar surface area (TPSA) is 97.9 Å². The minimum absolute atomic E-state index is 0.0285. The lowest BCUT2D eigenvalue weighted by molar-refractivity contribution is -0.131. The van der Waals surface area contributed by atoms with Crippen LogP contribution in [0.3, 0.4) is 0 Å². The predicted molar refractivity (Wildman–Crippen MR) is 126 cm³/mol. The molecule has 2 aliphatic rings. The van der Waals surface area contributed by atoms with Gasteiger partial charge in [0.2, 0.25) is 5.91 Å². The lowest BCUT2D eigenvalue weighted by Crippen LogP contribution is -2.49. The first-order chi connectivity index (χ1) is 16.1. The number of likely N-dealkylation sites (tertiary alicyclic amines) is 1. The van der Waals surface area contributed by atoms with Crippen molar-refractivity contribution in [2.75, 3.05) is 56.0 Å². The molecule has 2 aromatic rings. The molecule has 0 spiro atoms. The summed E-state index contributed by atoms with van der Waals surface area (Å²) in [6.07, 6.45) is 4.12. The maximum atomic E-state index is 12.5. The maximum Gasteiger partial charge on any atom is 0.319 e. The van der Waals surface area contributed by atoms with Gasteiger partial charge in [0, 0.05) is 69.7 Å². The van der Waals surface area contributed by atoms with Crippen LogP contribution in [0.2, 0.25) is 0 Å². The van der Waals surface area contributed by atoms with E-state index in [9.17, 15) is 14.4 Å². The number of urea groups is 1. The summed E-state index contributed by atoms with van der Waals surface area (Å²) in [5.74, 6) is 0.986. The zero-order chi connectivity index (χ0) is 23.0. The lowest BCUT2D eigenvalue weighted by Gasteiger charge is -2.35. The van der Waals surface area contributed by atoms with Crippen molar-refractivity contribution in [3.63, 3.8) is 0 Å². The number of amides is 4. The standard InChI is InChI=1S/C24H30N6O3/c31-22(29-17-15-28(16-18-29)21-5-1-2-11-25-21)10-12-26-24(33)27-20-8-6-19(7-9-20)23(32)30-13-3-4-14-30/h1-2,5-9,11H,3-4,10,12-18H2,(H2,26,27,33). The number of nitrogens with one attached hydrogen (secondary N) is 2. The van der Waals surface area contributed by atoms with E-state index in [0.717, 1.165) is 44.8 Å². The molecule has 174 valence electrons. The SMILES string of the molecule is O=C(NCCC(=O)N1CCN(c2ccccn2)CC1)Nc1ccc(C(=O)N2CCCC2)cc1. The number of piperazine rings is 1. The normalized spacial score (nSPS) is 15.9. The van der Waals surface area contributed by atoms with Crippen molar-refractivity contribution in [1.29, 1.82) is 0 Å². The van der Waals surface area contributed by atoms with Crippen molar-refractivity contribution < 1.29 is 14.4 Å². The second kappa shape index (κ2) is 10.8. The van der Waals surface area contributed by atoms with Crippen molar-refractivity contribution in [1.82, 2.24) is 20.1 Å². The first kappa shape index (κ1) is 22.6. The van der Waals surface area contributed by atoms with Crippen LogP contribution in [0.15, 0.2) is 48.7 Å². The van der Waals surface area contributed by atoms with Gasteiger partial charge in [-0.2, -0.15) is 0 Å². The van der Waals surface area contributed by atoms with E-state index in [1.807, 2.05) is 28.0 Å². The molecule has 1 aromatic heterocycles. The fourth-order valence-corrected chi connectivity index (χ4v) is 4.14. The maximum absolute atomic E-state index is 12.5. The summed E-state index contributed by atoms with van der Waals surface area (Å²) >= 11 is 0. The molecule has 0 atom stereocenters. The van der Waals surface area contributed by atoms with Crippen LogP contribution in [0.4, 0.5) is 16.3 Å². The van der Waals surface area contributed by atoms with E-state index in [1.165, 1.54) is 0 Å². The van der Waals surface area contributed by atoms with E-state index in [-0.39, 0.29) is 30.8 Å². The molecule has 0 aliphatic carbocycles. The van der Waals surface area contributed by atoms with Gasteiger partial charge >= 0.3 is 6.03 Å². The van der Waals surface area contributed by atoms with Crippen LogP contribution in [-0.2, 0) is 4.79 Å². The number of hydrogen-bond acceptors (Lipinski definition) is 5. The van der Waals surface area contributed by atoms with Gasteiger partial charge in [-0.1, -0.05) is 6.07 Å². The molecule has 9 heteroatoms. The molecule has 33 heavy (non-hydrogen) atoms. The Hall–Kier alpha value is -3.62. The Bertz CT molecular complexity index is 952. The molecule has 9 nitrogen and oxygen atoms in total. The smallest absolute Gasteiger partial charge is 0.319 e. The van der Waals surface area contributed by atoms with Gasteiger partial charge in [0.1, 0.15) is 5.82 Å². The Kier molecular flexibility index (Phi) is 7.39. The molecule has 3 heterocycles. The summed E-state index contributed by atoms with van der Waals surface area (Å²) < 4.78 is 0. The van der Waals surface area contributed by atoms with Gasteiger partial charge in [0.15, 0.2) is 0 Å². The van der Waals surface area contributed by atoms with Gasteiger partial charge in [-0.05, 0) is 49.2 Å². The van der Waals surface area contributed by atoms with Gasteiger partial charge in [0.25, 0.3) is 5.91 Å². The molecule has 0 radical (unpaired) electrons. The number of nitrogens with zero attached hydrogens (tertiary/aromatic N) is 4. The third kappa shape index (κ3) is 6.00. The number of aromatic nitrogens is 1. The Morgan fingerprint density at radius 1 is 0.848 bits per heavy atom. The lowest BCUT2D eigenvalue weighted by atomic mass is 10.2. The van der Waals surface area contributed by atoms with Gasteiger partial charge in [-0.25, -0.2) is 9.78 Å². The zero-order valence-electron chi connectivity index (χ0n) is 18.7. The van der Waals surface area contributed by atoms with Crippen molar-refractivity contribution in [3.8, 4) is 0 Å². The number of hydrogen-bond donors (Lipinski definition) is 2. The highest BCUT2D eigenvalue weighted by molar-refractivity contribution is 5.95. The van der Waals surface area contributed by atoms with Gasteiger partial charge in [-0.15, -0.1) is 0 Å². The van der Waals surface area contributed by atoms with Crippen LogP contribution < -0.4 is 15.5 Å². The molecular weight excluding hydrogens is 420 g/mol. The first-order valence-electron chi connectivity index (χ1n) is 11.5. The Balaban J connectivity index is 1.15. The van der Waals surface area contributed by atoms with Crippen LogP contribution >= 0.6 is 0 Å². The average Bonchev–Trinajstić information content (AvgIpc) is 3.40. The Morgan fingerprint density at radius 2 is 1.58 bits per heavy atom. The van der Waals surface area contributed by atoms with Crippen LogP contribution in [0.25, 0.3) is 0 Å².